The molecule has 18 heavy (non-hydrogen) atoms. The lowest BCUT2D eigenvalue weighted by Crippen LogP contribution is -2.40. The highest BCUT2D eigenvalue weighted by Gasteiger charge is 2.21. The van der Waals surface area contributed by atoms with E-state index in [-0.39, 0.29) is 11.8 Å². The van der Waals surface area contributed by atoms with E-state index in [1.54, 1.807) is 0 Å². The molecule has 0 bridgehead atoms. The van der Waals surface area contributed by atoms with Crippen LogP contribution in [0.2, 0.25) is 0 Å². The fourth-order valence-corrected chi connectivity index (χ4v) is 2.67. The Morgan fingerprint density at radius 3 is 2.50 bits per heavy atom. The predicted octanol–water partition coefficient (Wildman–Crippen LogP) is 3.41. The summed E-state index contributed by atoms with van der Waals surface area (Å²) >= 11 is 0. The van der Waals surface area contributed by atoms with Crippen LogP contribution in [0.3, 0.4) is 0 Å². The lowest BCUT2D eigenvalue weighted by atomic mass is 10.00. The smallest absolute Gasteiger partial charge is 0.179 e. The maximum absolute atomic E-state index is 12.3. The summed E-state index contributed by atoms with van der Waals surface area (Å²) in [5.74, 6) is 0.213. The third-order valence-electron chi connectivity index (χ3n) is 4.03. The zero-order valence-corrected chi connectivity index (χ0v) is 11.6. The molecule has 1 aromatic carbocycles. The van der Waals surface area contributed by atoms with Crippen LogP contribution in [0, 0.1) is 13.8 Å². The van der Waals surface area contributed by atoms with Gasteiger partial charge in [0.05, 0.1) is 6.04 Å². The van der Waals surface area contributed by atoms with Crippen LogP contribution >= 0.6 is 0 Å². The van der Waals surface area contributed by atoms with Gasteiger partial charge in [0.15, 0.2) is 5.78 Å². The van der Waals surface area contributed by atoms with E-state index in [0.717, 1.165) is 5.56 Å². The van der Waals surface area contributed by atoms with Gasteiger partial charge in [-0.3, -0.25) is 4.79 Å². The molecular weight excluding hydrogens is 222 g/mol. The molecule has 0 aromatic heterocycles. The summed E-state index contributed by atoms with van der Waals surface area (Å²) < 4.78 is 0. The van der Waals surface area contributed by atoms with Crippen LogP contribution in [0.15, 0.2) is 18.2 Å². The van der Waals surface area contributed by atoms with Gasteiger partial charge in [-0.1, -0.05) is 25.0 Å². The Hall–Kier alpha value is -1.15. The Kier molecular flexibility index (Phi) is 4.18. The van der Waals surface area contributed by atoms with E-state index in [1.165, 1.54) is 36.8 Å². The number of hydrogen-bond acceptors (Lipinski definition) is 2. The fraction of sp³-hybridized carbons (Fsp3) is 0.562. The SMILES string of the molecule is Cc1ccc(C(=O)C(C)NC2CCCC2)cc1C. The number of hydrogen-bond donors (Lipinski definition) is 1. The van der Waals surface area contributed by atoms with E-state index in [1.807, 2.05) is 25.1 Å². The van der Waals surface area contributed by atoms with E-state index in [2.05, 4.69) is 19.2 Å². The summed E-state index contributed by atoms with van der Waals surface area (Å²) in [4.78, 5) is 12.3. The second kappa shape index (κ2) is 5.66. The highest BCUT2D eigenvalue weighted by molar-refractivity contribution is 6.00. The van der Waals surface area contributed by atoms with Gasteiger partial charge in [0, 0.05) is 11.6 Å². The van der Waals surface area contributed by atoms with E-state index in [4.69, 9.17) is 0 Å². The minimum Gasteiger partial charge on any atom is -0.305 e. The number of ketones is 1. The van der Waals surface area contributed by atoms with Crippen LogP contribution in [-0.4, -0.2) is 17.9 Å². The van der Waals surface area contributed by atoms with Crippen LogP contribution in [0.5, 0.6) is 0 Å². The quantitative estimate of drug-likeness (QED) is 0.824. The second-order valence-corrected chi connectivity index (χ2v) is 5.53. The molecule has 0 saturated heterocycles. The molecule has 2 nitrogen and oxygen atoms in total. The van der Waals surface area contributed by atoms with Crippen molar-refractivity contribution >= 4 is 5.78 Å². The zero-order chi connectivity index (χ0) is 13.1. The summed E-state index contributed by atoms with van der Waals surface area (Å²) in [6, 6.07) is 6.44. The molecule has 0 amide bonds. The van der Waals surface area contributed by atoms with Gasteiger partial charge in [-0.05, 0) is 50.8 Å². The number of aryl methyl sites for hydroxylation is 2. The lowest BCUT2D eigenvalue weighted by molar-refractivity contribution is 0.0944. The number of rotatable bonds is 4. The maximum atomic E-state index is 12.3. The minimum atomic E-state index is -0.0739. The molecule has 1 saturated carbocycles. The summed E-state index contributed by atoms with van der Waals surface area (Å²) in [7, 11) is 0. The van der Waals surface area contributed by atoms with E-state index in [0.29, 0.717) is 6.04 Å². The van der Waals surface area contributed by atoms with Gasteiger partial charge >= 0.3 is 0 Å². The van der Waals surface area contributed by atoms with Crippen molar-refractivity contribution in [1.29, 1.82) is 0 Å². The van der Waals surface area contributed by atoms with Crippen LogP contribution < -0.4 is 5.32 Å². The molecule has 0 heterocycles. The number of benzene rings is 1. The molecule has 1 fully saturated rings. The van der Waals surface area contributed by atoms with Crippen molar-refractivity contribution in [3.63, 3.8) is 0 Å². The molecule has 1 unspecified atom stereocenters. The number of carbonyl (C=O) groups is 1. The first-order valence-corrected chi connectivity index (χ1v) is 6.95. The third-order valence-corrected chi connectivity index (χ3v) is 4.03. The normalized spacial score (nSPS) is 17.9. The third kappa shape index (κ3) is 2.99. The van der Waals surface area contributed by atoms with E-state index >= 15 is 0 Å². The first-order valence-electron chi connectivity index (χ1n) is 6.95. The Bertz CT molecular complexity index is 433. The van der Waals surface area contributed by atoms with Crippen molar-refractivity contribution in [3.05, 3.63) is 34.9 Å². The van der Waals surface area contributed by atoms with Gasteiger partial charge in [-0.2, -0.15) is 0 Å². The summed E-state index contributed by atoms with van der Waals surface area (Å²) in [5.41, 5.74) is 3.26. The summed E-state index contributed by atoms with van der Waals surface area (Å²) in [6.45, 7) is 6.11. The van der Waals surface area contributed by atoms with Gasteiger partial charge in [-0.15, -0.1) is 0 Å². The van der Waals surface area contributed by atoms with Crippen LogP contribution in [0.1, 0.15) is 54.1 Å². The Morgan fingerprint density at radius 1 is 1.22 bits per heavy atom. The lowest BCUT2D eigenvalue weighted by Gasteiger charge is -2.18. The van der Waals surface area contributed by atoms with Crippen molar-refractivity contribution in [2.75, 3.05) is 0 Å². The van der Waals surface area contributed by atoms with Crippen molar-refractivity contribution < 1.29 is 4.79 Å². The Morgan fingerprint density at radius 2 is 1.89 bits per heavy atom. The Balaban J connectivity index is 2.02. The largest absolute Gasteiger partial charge is 0.305 e. The van der Waals surface area contributed by atoms with Gasteiger partial charge in [0.2, 0.25) is 0 Å². The first kappa shape index (κ1) is 13.3. The average molecular weight is 245 g/mol. The summed E-state index contributed by atoms with van der Waals surface area (Å²) in [5, 5.41) is 3.46. The molecule has 1 aliphatic rings. The molecule has 2 heteroatoms. The second-order valence-electron chi connectivity index (χ2n) is 5.53. The molecule has 1 N–H and O–H groups in total. The standard InChI is InChI=1S/C16H23NO/c1-11-8-9-14(10-12(11)2)16(18)13(3)17-15-6-4-5-7-15/h8-10,13,15,17H,4-7H2,1-3H3. The van der Waals surface area contributed by atoms with E-state index in [9.17, 15) is 4.79 Å². The summed E-state index contributed by atoms with van der Waals surface area (Å²) in [6.07, 6.45) is 5.01. The van der Waals surface area contributed by atoms with Crippen molar-refractivity contribution in [2.24, 2.45) is 0 Å². The van der Waals surface area contributed by atoms with Gasteiger partial charge in [-0.25, -0.2) is 0 Å². The first-order chi connectivity index (χ1) is 8.58. The molecule has 0 radical (unpaired) electrons. The maximum Gasteiger partial charge on any atom is 0.179 e. The van der Waals surface area contributed by atoms with Gasteiger partial charge < -0.3 is 5.32 Å². The van der Waals surface area contributed by atoms with Crippen LogP contribution in [-0.2, 0) is 0 Å². The fourth-order valence-electron chi connectivity index (χ4n) is 2.67. The topological polar surface area (TPSA) is 29.1 Å². The number of carbonyl (C=O) groups excluding carboxylic acids is 1. The molecule has 2 rings (SSSR count). The minimum absolute atomic E-state index is 0.0739. The number of Topliss-reactive ketones (excluding diaryl/α,β-unsaturated/α-hetero) is 1. The molecule has 0 aliphatic heterocycles. The Labute approximate surface area is 110 Å². The molecule has 1 atom stereocenters. The monoisotopic (exact) mass is 245 g/mol. The average Bonchev–Trinajstić information content (AvgIpc) is 2.84. The van der Waals surface area contributed by atoms with Crippen molar-refractivity contribution in [3.8, 4) is 0 Å². The van der Waals surface area contributed by atoms with E-state index < -0.39 is 0 Å². The van der Waals surface area contributed by atoms with Gasteiger partial charge in [0.25, 0.3) is 0 Å². The highest BCUT2D eigenvalue weighted by Crippen LogP contribution is 2.19. The van der Waals surface area contributed by atoms with Crippen LogP contribution in [0.4, 0.5) is 0 Å². The van der Waals surface area contributed by atoms with Gasteiger partial charge in [0.1, 0.15) is 0 Å². The molecule has 1 aliphatic carbocycles. The number of nitrogens with one attached hydrogen (secondary N) is 1. The zero-order valence-electron chi connectivity index (χ0n) is 11.6. The highest BCUT2D eigenvalue weighted by atomic mass is 16.1. The van der Waals surface area contributed by atoms with Crippen LogP contribution in [0.25, 0.3) is 0 Å². The molecule has 1 aromatic rings. The predicted molar refractivity (Wildman–Crippen MR) is 75.1 cm³/mol. The molecular formula is C16H23NO. The van der Waals surface area contributed by atoms with Crippen molar-refractivity contribution in [1.82, 2.24) is 5.32 Å². The molecule has 98 valence electrons. The molecule has 0 spiro atoms. The van der Waals surface area contributed by atoms with Crippen molar-refractivity contribution in [2.45, 2.75) is 58.5 Å².